The average Bonchev–Trinajstić information content (AvgIpc) is 2.65. The standard InChI is InChI=1S/C14H16N2S/c15-14(17)12-4-5-13-11(8-12)6-7-16(13)9-10-2-1-3-10/h4-8,10H,1-3,9H2,(H2,15,17). The molecule has 0 atom stereocenters. The van der Waals surface area contributed by atoms with Crippen molar-refractivity contribution in [3.63, 3.8) is 0 Å². The zero-order valence-corrected chi connectivity index (χ0v) is 10.5. The number of benzene rings is 1. The van der Waals surface area contributed by atoms with Crippen LogP contribution in [0.5, 0.6) is 0 Å². The van der Waals surface area contributed by atoms with Gasteiger partial charge in [-0.2, -0.15) is 0 Å². The first kappa shape index (κ1) is 10.8. The molecule has 3 heteroatoms. The third kappa shape index (κ3) is 1.95. The summed E-state index contributed by atoms with van der Waals surface area (Å²) in [5.41, 5.74) is 7.89. The lowest BCUT2D eigenvalue weighted by atomic mass is 9.85. The van der Waals surface area contributed by atoms with E-state index in [9.17, 15) is 0 Å². The van der Waals surface area contributed by atoms with Gasteiger partial charge >= 0.3 is 0 Å². The minimum Gasteiger partial charge on any atom is -0.389 e. The number of nitrogens with zero attached hydrogens (tertiary/aromatic N) is 1. The minimum atomic E-state index is 0.471. The highest BCUT2D eigenvalue weighted by molar-refractivity contribution is 7.80. The third-order valence-electron chi connectivity index (χ3n) is 3.74. The molecular weight excluding hydrogens is 228 g/mol. The Balaban J connectivity index is 1.95. The summed E-state index contributed by atoms with van der Waals surface area (Å²) in [6.45, 7) is 1.15. The van der Waals surface area contributed by atoms with Crippen molar-refractivity contribution in [3.8, 4) is 0 Å². The molecule has 3 rings (SSSR count). The van der Waals surface area contributed by atoms with Crippen molar-refractivity contribution < 1.29 is 0 Å². The van der Waals surface area contributed by atoms with Gasteiger partial charge in [0.2, 0.25) is 0 Å². The lowest BCUT2D eigenvalue weighted by molar-refractivity contribution is 0.280. The molecular formula is C14H16N2S. The normalized spacial score (nSPS) is 16.0. The number of rotatable bonds is 3. The van der Waals surface area contributed by atoms with Gasteiger partial charge in [-0.15, -0.1) is 0 Å². The van der Waals surface area contributed by atoms with Gasteiger partial charge in [0.15, 0.2) is 0 Å². The molecule has 1 saturated carbocycles. The summed E-state index contributed by atoms with van der Waals surface area (Å²) < 4.78 is 2.35. The fourth-order valence-electron chi connectivity index (χ4n) is 2.47. The number of nitrogens with two attached hydrogens (primary N) is 1. The summed E-state index contributed by atoms with van der Waals surface area (Å²) in [6, 6.07) is 8.37. The van der Waals surface area contributed by atoms with Gasteiger partial charge in [0.1, 0.15) is 4.99 Å². The first-order valence-corrected chi connectivity index (χ1v) is 6.53. The molecule has 2 N–H and O–H groups in total. The fraction of sp³-hybridized carbons (Fsp3) is 0.357. The summed E-state index contributed by atoms with van der Waals surface area (Å²) in [4.78, 5) is 0.471. The molecule has 1 heterocycles. The van der Waals surface area contributed by atoms with Crippen molar-refractivity contribution in [3.05, 3.63) is 36.0 Å². The van der Waals surface area contributed by atoms with Crippen LogP contribution in [0, 0.1) is 5.92 Å². The van der Waals surface area contributed by atoms with E-state index in [1.165, 1.54) is 30.2 Å². The van der Waals surface area contributed by atoms with Crippen LogP contribution in [0.2, 0.25) is 0 Å². The van der Waals surface area contributed by atoms with Crippen LogP contribution in [0.25, 0.3) is 10.9 Å². The van der Waals surface area contributed by atoms with Gasteiger partial charge in [-0.3, -0.25) is 0 Å². The van der Waals surface area contributed by atoms with Gasteiger partial charge in [0.25, 0.3) is 0 Å². The Morgan fingerprint density at radius 3 is 2.82 bits per heavy atom. The van der Waals surface area contributed by atoms with Crippen molar-refractivity contribution in [1.82, 2.24) is 4.57 Å². The van der Waals surface area contributed by atoms with Crippen LogP contribution in [0.4, 0.5) is 0 Å². The monoisotopic (exact) mass is 244 g/mol. The van der Waals surface area contributed by atoms with E-state index in [-0.39, 0.29) is 0 Å². The van der Waals surface area contributed by atoms with Gasteiger partial charge in [0.05, 0.1) is 0 Å². The van der Waals surface area contributed by atoms with Crippen LogP contribution >= 0.6 is 12.2 Å². The largest absolute Gasteiger partial charge is 0.389 e. The van der Waals surface area contributed by atoms with Gasteiger partial charge < -0.3 is 10.3 Å². The van der Waals surface area contributed by atoms with Crippen molar-refractivity contribution in [2.75, 3.05) is 0 Å². The summed E-state index contributed by atoms with van der Waals surface area (Å²) in [6.07, 6.45) is 6.33. The Bertz CT molecular complexity index is 567. The molecule has 1 fully saturated rings. The highest BCUT2D eigenvalue weighted by atomic mass is 32.1. The zero-order chi connectivity index (χ0) is 11.8. The van der Waals surface area contributed by atoms with Crippen molar-refractivity contribution in [2.24, 2.45) is 11.7 Å². The van der Waals surface area contributed by atoms with Gasteiger partial charge in [-0.1, -0.05) is 18.6 Å². The molecule has 0 unspecified atom stereocenters. The second-order valence-electron chi connectivity index (χ2n) is 4.90. The van der Waals surface area contributed by atoms with Crippen molar-refractivity contribution in [1.29, 1.82) is 0 Å². The maximum absolute atomic E-state index is 5.65. The first-order chi connectivity index (χ1) is 8.24. The second kappa shape index (κ2) is 4.15. The predicted octanol–water partition coefficient (Wildman–Crippen LogP) is 3.08. The maximum Gasteiger partial charge on any atom is 0.104 e. The van der Waals surface area contributed by atoms with Crippen LogP contribution in [0.3, 0.4) is 0 Å². The lowest BCUT2D eigenvalue weighted by Gasteiger charge is -2.26. The van der Waals surface area contributed by atoms with Gasteiger partial charge in [0, 0.05) is 29.2 Å². The van der Waals surface area contributed by atoms with E-state index in [2.05, 4.69) is 29.0 Å². The molecule has 1 aliphatic rings. The maximum atomic E-state index is 5.65. The van der Waals surface area contributed by atoms with E-state index in [0.29, 0.717) is 4.99 Å². The highest BCUT2D eigenvalue weighted by Crippen LogP contribution is 2.29. The number of fused-ring (bicyclic) bond motifs is 1. The number of thiocarbonyl (C=S) groups is 1. The molecule has 0 radical (unpaired) electrons. The Morgan fingerprint density at radius 2 is 2.18 bits per heavy atom. The zero-order valence-electron chi connectivity index (χ0n) is 9.73. The van der Waals surface area contributed by atoms with Crippen molar-refractivity contribution in [2.45, 2.75) is 25.8 Å². The number of hydrogen-bond acceptors (Lipinski definition) is 1. The average molecular weight is 244 g/mol. The molecule has 0 aliphatic heterocycles. The SMILES string of the molecule is NC(=S)c1ccc2c(ccn2CC2CCC2)c1. The van der Waals surface area contributed by atoms with E-state index in [0.717, 1.165) is 18.0 Å². The molecule has 0 amide bonds. The van der Waals surface area contributed by atoms with E-state index in [1.54, 1.807) is 0 Å². The Morgan fingerprint density at radius 1 is 1.35 bits per heavy atom. The van der Waals surface area contributed by atoms with E-state index >= 15 is 0 Å². The summed E-state index contributed by atoms with van der Waals surface area (Å²) in [5.74, 6) is 0.876. The van der Waals surface area contributed by atoms with Crippen LogP contribution < -0.4 is 5.73 Å². The number of aromatic nitrogens is 1. The highest BCUT2D eigenvalue weighted by Gasteiger charge is 2.18. The molecule has 0 spiro atoms. The quantitative estimate of drug-likeness (QED) is 0.841. The molecule has 0 bridgehead atoms. The number of hydrogen-bond donors (Lipinski definition) is 1. The molecule has 2 nitrogen and oxygen atoms in total. The molecule has 17 heavy (non-hydrogen) atoms. The molecule has 1 aromatic heterocycles. The lowest BCUT2D eigenvalue weighted by Crippen LogP contribution is -2.17. The van der Waals surface area contributed by atoms with Crippen molar-refractivity contribution >= 4 is 28.1 Å². The van der Waals surface area contributed by atoms with E-state index in [1.807, 2.05) is 6.07 Å². The van der Waals surface area contributed by atoms with Crippen LogP contribution in [-0.4, -0.2) is 9.56 Å². The predicted molar refractivity (Wildman–Crippen MR) is 75.2 cm³/mol. The molecule has 1 aromatic carbocycles. The second-order valence-corrected chi connectivity index (χ2v) is 5.34. The van der Waals surface area contributed by atoms with Crippen LogP contribution in [0.15, 0.2) is 30.5 Å². The summed E-state index contributed by atoms with van der Waals surface area (Å²) >= 11 is 5.00. The summed E-state index contributed by atoms with van der Waals surface area (Å²) in [7, 11) is 0. The molecule has 88 valence electrons. The Kier molecular flexibility index (Phi) is 2.63. The summed E-state index contributed by atoms with van der Waals surface area (Å²) in [5, 5.41) is 1.23. The smallest absolute Gasteiger partial charge is 0.104 e. The third-order valence-corrected chi connectivity index (χ3v) is 3.97. The van der Waals surface area contributed by atoms with E-state index < -0.39 is 0 Å². The first-order valence-electron chi connectivity index (χ1n) is 6.13. The fourth-order valence-corrected chi connectivity index (χ4v) is 2.59. The Labute approximate surface area is 106 Å². The molecule has 1 aliphatic carbocycles. The van der Waals surface area contributed by atoms with Gasteiger partial charge in [-0.25, -0.2) is 0 Å². The van der Waals surface area contributed by atoms with Crippen LogP contribution in [0.1, 0.15) is 24.8 Å². The molecule has 2 aromatic rings. The van der Waals surface area contributed by atoms with Crippen LogP contribution in [-0.2, 0) is 6.54 Å². The van der Waals surface area contributed by atoms with Gasteiger partial charge in [-0.05, 0) is 43.0 Å². The topological polar surface area (TPSA) is 30.9 Å². The minimum absolute atomic E-state index is 0.471. The molecule has 0 saturated heterocycles. The Hall–Kier alpha value is -1.35. The van der Waals surface area contributed by atoms with E-state index in [4.69, 9.17) is 18.0 Å².